The molecule has 0 unspecified atom stereocenters. The Morgan fingerprint density at radius 1 is 1.00 bits per heavy atom. The van der Waals surface area contributed by atoms with Crippen molar-refractivity contribution >= 4 is 0 Å². The SMILES string of the molecule is [Ce].[La].[Y].[Zr]. The van der Waals surface area contributed by atoms with Crippen molar-refractivity contribution in [1.82, 2.24) is 0 Å². The zero-order chi connectivity index (χ0) is 0. The van der Waals surface area contributed by atoms with Gasteiger partial charge in [0.1, 0.15) is 0 Å². The Bertz CT molecular complexity index is 8.00. The van der Waals surface area contributed by atoms with Gasteiger partial charge in [-0.3, -0.25) is 0 Å². The van der Waals surface area contributed by atoms with Crippen molar-refractivity contribution < 1.29 is 136 Å². The first-order valence-corrected chi connectivity index (χ1v) is 0. The summed E-state index contributed by atoms with van der Waals surface area (Å²) in [6, 6.07) is 0. The minimum absolute atomic E-state index is 0. The monoisotopic (exact) mass is 458 g/mol. The van der Waals surface area contributed by atoms with Crippen molar-refractivity contribution in [3.05, 3.63) is 0 Å². The third-order valence-corrected chi connectivity index (χ3v) is 0. The minimum atomic E-state index is 0. The van der Waals surface area contributed by atoms with Gasteiger partial charge in [-0.25, -0.2) is 0 Å². The molecule has 0 atom stereocenters. The van der Waals surface area contributed by atoms with Gasteiger partial charge in [-0.05, 0) is 0 Å². The molecule has 0 aliphatic carbocycles. The Balaban J connectivity index is 0. The first kappa shape index (κ1) is 23.5. The van der Waals surface area contributed by atoms with E-state index in [4.69, 9.17) is 0 Å². The van der Waals surface area contributed by atoms with Gasteiger partial charge in [0.15, 0.2) is 0 Å². The Labute approximate surface area is 132 Å². The number of hydrogen-bond donors (Lipinski definition) is 0. The van der Waals surface area contributed by atoms with Gasteiger partial charge in [-0.15, -0.1) is 0 Å². The van der Waals surface area contributed by atoms with Crippen LogP contribution in [0.4, 0.5) is 0 Å². The second kappa shape index (κ2) is 15.6. The fourth-order valence-corrected chi connectivity index (χ4v) is 0. The molecule has 0 aromatic carbocycles. The van der Waals surface area contributed by atoms with Crippen LogP contribution >= 0.6 is 0 Å². The summed E-state index contributed by atoms with van der Waals surface area (Å²) in [6.07, 6.45) is 0. The van der Waals surface area contributed by atoms with Gasteiger partial charge in [-0.1, -0.05) is 0 Å². The Kier molecular flexibility index (Phi) is 92.0. The summed E-state index contributed by atoms with van der Waals surface area (Å²) >= 11 is 0. The van der Waals surface area contributed by atoms with Gasteiger partial charge < -0.3 is 0 Å². The fraction of sp³-hybridized carbons (Fsp3) is 0. The maximum Gasteiger partial charge on any atom is 0 e. The molecule has 0 fully saturated rings. The average molecular weight is 459 g/mol. The Hall–Kier alpha value is 4.56. The van der Waals surface area contributed by atoms with Crippen molar-refractivity contribution in [2.75, 3.05) is 0 Å². The van der Waals surface area contributed by atoms with Gasteiger partial charge in [0.2, 0.25) is 0 Å². The van der Waals surface area contributed by atoms with E-state index in [0.29, 0.717) is 0 Å². The Morgan fingerprint density at radius 2 is 1.00 bits per heavy atom. The smallest absolute Gasteiger partial charge is 0 e. The molecule has 0 aromatic heterocycles. The van der Waals surface area contributed by atoms with E-state index in [1.807, 2.05) is 0 Å². The standard InChI is InChI=1S/Ce.La.Y.Zr. The van der Waals surface area contributed by atoms with Gasteiger partial charge in [-0.2, -0.15) is 0 Å². The van der Waals surface area contributed by atoms with Crippen LogP contribution in [0.15, 0.2) is 0 Å². The summed E-state index contributed by atoms with van der Waals surface area (Å²) in [6.45, 7) is 0. The zero-order valence-corrected chi connectivity index (χ0v) is 14.2. The molecule has 0 nitrogen and oxygen atoms in total. The summed E-state index contributed by atoms with van der Waals surface area (Å²) in [4.78, 5) is 0. The van der Waals surface area contributed by atoms with Crippen LogP contribution in [0, 0.1) is 77.3 Å². The van der Waals surface area contributed by atoms with Crippen LogP contribution in [0.5, 0.6) is 0 Å². The molecule has 0 saturated heterocycles. The van der Waals surface area contributed by atoms with Gasteiger partial charge in [0.05, 0.1) is 0 Å². The first-order chi connectivity index (χ1) is 0. The molecule has 0 heterocycles. The molecule has 0 aromatic rings. The summed E-state index contributed by atoms with van der Waals surface area (Å²) < 4.78 is 0. The predicted octanol–water partition coefficient (Wildman–Crippen LogP) is -0.00500. The molecular formula is CeLaYZr. The second-order valence-electron chi connectivity index (χ2n) is 0. The van der Waals surface area contributed by atoms with E-state index in [1.54, 1.807) is 0 Å². The van der Waals surface area contributed by atoms with E-state index in [0.717, 1.165) is 0 Å². The van der Waals surface area contributed by atoms with Crippen LogP contribution in [-0.4, -0.2) is 0 Å². The number of rotatable bonds is 0. The van der Waals surface area contributed by atoms with E-state index in [1.165, 1.54) is 0 Å². The molecule has 0 rings (SSSR count). The summed E-state index contributed by atoms with van der Waals surface area (Å²) in [5.74, 6) is 0. The van der Waals surface area contributed by atoms with Crippen LogP contribution in [0.25, 0.3) is 0 Å². The molecule has 0 bridgehead atoms. The van der Waals surface area contributed by atoms with Crippen molar-refractivity contribution in [2.45, 2.75) is 0 Å². The van der Waals surface area contributed by atoms with Crippen LogP contribution < -0.4 is 0 Å². The molecule has 0 saturated carbocycles. The molecule has 0 spiro atoms. The predicted molar refractivity (Wildman–Crippen MR) is 0 cm³/mol. The van der Waals surface area contributed by atoms with Gasteiger partial charge in [0, 0.05) is 136 Å². The van der Waals surface area contributed by atoms with E-state index < -0.39 is 0 Å². The van der Waals surface area contributed by atoms with Crippen LogP contribution in [-0.2, 0) is 58.9 Å². The Morgan fingerprint density at radius 3 is 1.00 bits per heavy atom. The molecule has 14 valence electrons. The molecule has 0 amide bonds. The van der Waals surface area contributed by atoms with Crippen molar-refractivity contribution in [3.8, 4) is 0 Å². The fourth-order valence-electron chi connectivity index (χ4n) is 0. The summed E-state index contributed by atoms with van der Waals surface area (Å²) in [5.41, 5.74) is 0. The normalized spacial score (nSPS) is 0. The number of hydrogen-bond acceptors (Lipinski definition) is 0. The maximum absolute atomic E-state index is 0. The molecule has 0 N–H and O–H groups in total. The van der Waals surface area contributed by atoms with Crippen molar-refractivity contribution in [3.63, 3.8) is 0 Å². The third kappa shape index (κ3) is 9.75. The van der Waals surface area contributed by atoms with E-state index >= 15 is 0 Å². The topological polar surface area (TPSA) is 0 Å². The van der Waals surface area contributed by atoms with Crippen molar-refractivity contribution in [2.24, 2.45) is 0 Å². The third-order valence-electron chi connectivity index (χ3n) is 0. The van der Waals surface area contributed by atoms with Crippen LogP contribution in [0.2, 0.25) is 0 Å². The second-order valence-corrected chi connectivity index (χ2v) is 0. The largest absolute Gasteiger partial charge is 0 e. The molecular weight excluding hydrogens is 459 g/mol. The minimum Gasteiger partial charge on any atom is 0 e. The zero-order valence-electron chi connectivity index (χ0n) is 2.15. The van der Waals surface area contributed by atoms with Crippen LogP contribution in [0.3, 0.4) is 0 Å². The van der Waals surface area contributed by atoms with Crippen LogP contribution in [0.1, 0.15) is 0 Å². The van der Waals surface area contributed by atoms with E-state index in [-0.39, 0.29) is 136 Å². The van der Waals surface area contributed by atoms with Gasteiger partial charge in [0.25, 0.3) is 0 Å². The molecule has 4 heavy (non-hydrogen) atoms. The van der Waals surface area contributed by atoms with E-state index in [9.17, 15) is 0 Å². The first-order valence-electron chi connectivity index (χ1n) is 0. The summed E-state index contributed by atoms with van der Waals surface area (Å²) in [5, 5.41) is 0. The summed E-state index contributed by atoms with van der Waals surface area (Å²) in [7, 11) is 0. The maximum atomic E-state index is 0. The van der Waals surface area contributed by atoms with Crippen molar-refractivity contribution in [1.29, 1.82) is 0 Å². The molecule has 0 aliphatic rings. The quantitative estimate of drug-likeness (QED) is 0.479. The van der Waals surface area contributed by atoms with Gasteiger partial charge >= 0.3 is 0 Å². The molecule has 4 heteroatoms. The van der Waals surface area contributed by atoms with E-state index in [2.05, 4.69) is 0 Å². The average Bonchev–Trinajstić information content (AvgIpc) is 0. The molecule has 2 radical (unpaired) electrons. The molecule has 0 aliphatic heterocycles.